The van der Waals surface area contributed by atoms with Gasteiger partial charge in [0.15, 0.2) is 9.90 Å². The molecule has 1 aliphatic heterocycles. The summed E-state index contributed by atoms with van der Waals surface area (Å²) in [4.78, 5) is 28.0. The number of H-pyrrole nitrogens is 1. The summed E-state index contributed by atoms with van der Waals surface area (Å²) in [7, 11) is 3.36. The molecule has 0 radical (unpaired) electrons. The molecule has 9 nitrogen and oxygen atoms in total. The molecule has 24 heavy (non-hydrogen) atoms. The Bertz CT molecular complexity index is 879. The third-order valence-electron chi connectivity index (χ3n) is 3.55. The zero-order valence-electron chi connectivity index (χ0n) is 13.1. The van der Waals surface area contributed by atoms with Gasteiger partial charge in [-0.3, -0.25) is 20.0 Å². The van der Waals surface area contributed by atoms with Crippen LogP contribution < -0.4 is 5.32 Å². The first-order valence-corrected chi connectivity index (χ1v) is 8.43. The summed E-state index contributed by atoms with van der Waals surface area (Å²) < 4.78 is 2.32. The molecular weight excluding hydrogens is 350 g/mol. The van der Waals surface area contributed by atoms with Crippen molar-refractivity contribution < 1.29 is 9.59 Å². The molecule has 0 saturated heterocycles. The Labute approximate surface area is 146 Å². The number of carbonyl (C=O) groups is 2. The smallest absolute Gasteiger partial charge is 0.273 e. The topological polar surface area (TPSA) is 108 Å². The molecule has 0 unspecified atom stereocenters. The van der Waals surface area contributed by atoms with Crippen molar-refractivity contribution in [3.8, 4) is 0 Å². The van der Waals surface area contributed by atoms with Gasteiger partial charge in [-0.1, -0.05) is 0 Å². The monoisotopic (exact) mass is 365 g/mol. The van der Waals surface area contributed by atoms with Gasteiger partial charge >= 0.3 is 0 Å². The third-order valence-corrected chi connectivity index (χ3v) is 4.72. The van der Waals surface area contributed by atoms with E-state index in [1.807, 2.05) is 12.4 Å². The lowest BCUT2D eigenvalue weighted by molar-refractivity contribution is -0.130. The Kier molecular flexibility index (Phi) is 4.53. The standard InChI is InChI=1S/C13H15N7O2S2/c1-19-9(16-17-13(19)23)5-7-6-24-12(14-7)15-11(22)8-3-4-10(21)20(2)18-8/h6H,3-5H2,1-2H3,(H,17,23)(H,14,15,22). The van der Waals surface area contributed by atoms with Gasteiger partial charge in [0.25, 0.3) is 5.91 Å². The van der Waals surface area contributed by atoms with Crippen LogP contribution >= 0.6 is 23.6 Å². The highest BCUT2D eigenvalue weighted by Gasteiger charge is 2.22. The predicted molar refractivity (Wildman–Crippen MR) is 91.4 cm³/mol. The average molecular weight is 365 g/mol. The highest BCUT2D eigenvalue weighted by molar-refractivity contribution is 7.71. The zero-order chi connectivity index (χ0) is 17.3. The number of hydrogen-bond acceptors (Lipinski definition) is 7. The van der Waals surface area contributed by atoms with Crippen molar-refractivity contribution in [1.29, 1.82) is 0 Å². The Morgan fingerprint density at radius 2 is 2.25 bits per heavy atom. The van der Waals surface area contributed by atoms with Gasteiger partial charge in [0.1, 0.15) is 11.5 Å². The number of hydrogen-bond donors (Lipinski definition) is 2. The molecule has 0 fully saturated rings. The first-order valence-electron chi connectivity index (χ1n) is 7.14. The van der Waals surface area contributed by atoms with Crippen LogP contribution in [0.3, 0.4) is 0 Å². The lowest BCUT2D eigenvalue weighted by Crippen LogP contribution is -2.34. The van der Waals surface area contributed by atoms with Crippen molar-refractivity contribution in [1.82, 2.24) is 24.8 Å². The molecule has 0 aromatic carbocycles. The fraction of sp³-hybridized carbons (Fsp3) is 0.385. The van der Waals surface area contributed by atoms with Crippen molar-refractivity contribution in [2.45, 2.75) is 19.3 Å². The van der Waals surface area contributed by atoms with Crippen molar-refractivity contribution in [3.63, 3.8) is 0 Å². The summed E-state index contributed by atoms with van der Waals surface area (Å²) in [6.45, 7) is 0. The number of hydrazone groups is 1. The second-order valence-electron chi connectivity index (χ2n) is 5.24. The van der Waals surface area contributed by atoms with Gasteiger partial charge < -0.3 is 4.57 Å². The molecule has 2 amide bonds. The van der Waals surface area contributed by atoms with Crippen molar-refractivity contribution in [2.24, 2.45) is 12.1 Å². The second kappa shape index (κ2) is 6.61. The largest absolute Gasteiger partial charge is 0.307 e. The van der Waals surface area contributed by atoms with E-state index in [1.54, 1.807) is 4.57 Å². The SMILES string of the molecule is CN1N=C(C(=O)Nc2nc(Cc3n[nH]c(=S)n3C)cs2)CCC1=O. The van der Waals surface area contributed by atoms with Crippen LogP contribution in [0.5, 0.6) is 0 Å². The summed E-state index contributed by atoms with van der Waals surface area (Å²) >= 11 is 6.39. The summed E-state index contributed by atoms with van der Waals surface area (Å²) in [5.41, 5.74) is 1.11. The Balaban J connectivity index is 1.67. The first kappa shape index (κ1) is 16.5. The van der Waals surface area contributed by atoms with Crippen LogP contribution in [0.2, 0.25) is 0 Å². The van der Waals surface area contributed by atoms with Gasteiger partial charge in [-0.15, -0.1) is 11.3 Å². The molecule has 3 heterocycles. The minimum atomic E-state index is -0.339. The number of aromatic nitrogens is 4. The lowest BCUT2D eigenvalue weighted by Gasteiger charge is -2.18. The molecule has 1 aliphatic rings. The number of anilines is 1. The fourth-order valence-corrected chi connectivity index (χ4v) is 3.00. The highest BCUT2D eigenvalue weighted by atomic mass is 32.1. The highest BCUT2D eigenvalue weighted by Crippen LogP contribution is 2.18. The quantitative estimate of drug-likeness (QED) is 0.788. The summed E-state index contributed by atoms with van der Waals surface area (Å²) in [6.07, 6.45) is 1.12. The average Bonchev–Trinajstić information content (AvgIpc) is 3.11. The van der Waals surface area contributed by atoms with Crippen molar-refractivity contribution >= 4 is 46.2 Å². The molecule has 0 bridgehead atoms. The molecule has 2 aromatic rings. The van der Waals surface area contributed by atoms with Crippen molar-refractivity contribution in [2.75, 3.05) is 12.4 Å². The van der Waals surface area contributed by atoms with Crippen LogP contribution in [0.25, 0.3) is 0 Å². The number of amides is 2. The maximum absolute atomic E-state index is 12.2. The van der Waals surface area contributed by atoms with Gasteiger partial charge in [0.2, 0.25) is 5.91 Å². The molecule has 11 heteroatoms. The molecule has 0 aliphatic carbocycles. The Hall–Kier alpha value is -2.40. The van der Waals surface area contributed by atoms with E-state index < -0.39 is 0 Å². The van der Waals surface area contributed by atoms with E-state index in [1.165, 1.54) is 23.4 Å². The third kappa shape index (κ3) is 3.41. The van der Waals surface area contributed by atoms with E-state index in [4.69, 9.17) is 12.2 Å². The molecule has 2 N–H and O–H groups in total. The maximum Gasteiger partial charge on any atom is 0.273 e. The van der Waals surface area contributed by atoms with Gasteiger partial charge in [-0.2, -0.15) is 10.2 Å². The van der Waals surface area contributed by atoms with Crippen LogP contribution in [0.4, 0.5) is 5.13 Å². The van der Waals surface area contributed by atoms with Crippen LogP contribution in [0, 0.1) is 4.77 Å². The van der Waals surface area contributed by atoms with Crippen LogP contribution in [0.1, 0.15) is 24.4 Å². The second-order valence-corrected chi connectivity index (χ2v) is 6.49. The molecular formula is C13H15N7O2S2. The number of carbonyl (C=O) groups excluding carboxylic acids is 2. The van der Waals surface area contributed by atoms with Crippen LogP contribution in [-0.2, 0) is 23.1 Å². The molecule has 2 aromatic heterocycles. The molecule has 126 valence electrons. The van der Waals surface area contributed by atoms with Gasteiger partial charge in [-0.25, -0.2) is 9.99 Å². The van der Waals surface area contributed by atoms with Crippen LogP contribution in [-0.4, -0.2) is 49.3 Å². The minimum Gasteiger partial charge on any atom is -0.307 e. The number of rotatable bonds is 4. The number of nitrogens with one attached hydrogen (secondary N) is 2. The van der Waals surface area contributed by atoms with E-state index >= 15 is 0 Å². The van der Waals surface area contributed by atoms with Crippen LogP contribution in [0.15, 0.2) is 10.5 Å². The summed E-state index contributed by atoms with van der Waals surface area (Å²) in [6, 6.07) is 0. The molecule has 3 rings (SSSR count). The normalized spacial score (nSPS) is 14.7. The molecule has 0 saturated carbocycles. The van der Waals surface area contributed by atoms with E-state index in [9.17, 15) is 9.59 Å². The summed E-state index contributed by atoms with van der Waals surface area (Å²) in [5, 5.41) is 17.1. The lowest BCUT2D eigenvalue weighted by atomic mass is 10.1. The van der Waals surface area contributed by atoms with Crippen molar-refractivity contribution in [3.05, 3.63) is 21.7 Å². The van der Waals surface area contributed by atoms with E-state index in [2.05, 4.69) is 25.6 Å². The maximum atomic E-state index is 12.2. The minimum absolute atomic E-state index is 0.101. The van der Waals surface area contributed by atoms with E-state index in [0.717, 1.165) is 11.5 Å². The number of aromatic amines is 1. The van der Waals surface area contributed by atoms with Gasteiger partial charge in [-0.05, 0) is 12.2 Å². The predicted octanol–water partition coefficient (Wildman–Crippen LogP) is 1.07. The number of nitrogens with zero attached hydrogens (tertiary/aromatic N) is 5. The van der Waals surface area contributed by atoms with Gasteiger partial charge in [0.05, 0.1) is 12.1 Å². The summed E-state index contributed by atoms with van der Waals surface area (Å²) in [5.74, 6) is 0.324. The van der Waals surface area contributed by atoms with E-state index in [-0.39, 0.29) is 18.2 Å². The number of thiazole rings is 1. The molecule has 0 spiro atoms. The molecule has 0 atom stereocenters. The first-order chi connectivity index (χ1) is 11.4. The Morgan fingerprint density at radius 3 is 2.92 bits per heavy atom. The zero-order valence-corrected chi connectivity index (χ0v) is 14.7. The Morgan fingerprint density at radius 1 is 1.46 bits per heavy atom. The van der Waals surface area contributed by atoms with E-state index in [0.29, 0.717) is 28.5 Å². The fourth-order valence-electron chi connectivity index (χ4n) is 2.15. The van der Waals surface area contributed by atoms with Gasteiger partial charge in [0, 0.05) is 32.3 Å².